The Hall–Kier alpha value is -3.68. The molecule has 0 aliphatic carbocycles. The van der Waals surface area contributed by atoms with Crippen LogP contribution in [-0.2, 0) is 11.3 Å². The third-order valence-electron chi connectivity index (χ3n) is 6.91. The van der Waals surface area contributed by atoms with Gasteiger partial charge in [-0.25, -0.2) is 19.9 Å². The van der Waals surface area contributed by atoms with Gasteiger partial charge in [0.15, 0.2) is 17.4 Å². The van der Waals surface area contributed by atoms with E-state index in [1.165, 1.54) is 4.88 Å². The molecule has 0 radical (unpaired) electrons. The third-order valence-corrected chi connectivity index (χ3v) is 8.01. The topological polar surface area (TPSA) is 140 Å². The maximum absolute atomic E-state index is 12.3. The zero-order valence-electron chi connectivity index (χ0n) is 21.9. The molecule has 0 spiro atoms. The van der Waals surface area contributed by atoms with E-state index in [4.69, 9.17) is 25.2 Å². The fourth-order valence-corrected chi connectivity index (χ4v) is 6.11. The van der Waals surface area contributed by atoms with Crippen molar-refractivity contribution in [2.45, 2.75) is 26.5 Å². The summed E-state index contributed by atoms with van der Waals surface area (Å²) in [6.07, 6.45) is 3.14. The lowest BCUT2D eigenvalue weighted by molar-refractivity contribution is 0.122. The van der Waals surface area contributed by atoms with Crippen LogP contribution in [-0.4, -0.2) is 83.4 Å². The summed E-state index contributed by atoms with van der Waals surface area (Å²) in [6, 6.07) is 2.13. The van der Waals surface area contributed by atoms with Gasteiger partial charge in [0.1, 0.15) is 5.69 Å². The van der Waals surface area contributed by atoms with Gasteiger partial charge in [-0.1, -0.05) is 0 Å². The first-order valence-electron chi connectivity index (χ1n) is 13.1. The van der Waals surface area contributed by atoms with Gasteiger partial charge in [-0.3, -0.25) is 14.5 Å². The average Bonchev–Trinajstić information content (AvgIpc) is 3.36. The normalized spacial score (nSPS) is 17.0. The lowest BCUT2D eigenvalue weighted by atomic mass is 10.1. The monoisotopic (exact) mass is 550 g/mol. The van der Waals surface area contributed by atoms with Crippen molar-refractivity contribution >= 4 is 39.0 Å². The van der Waals surface area contributed by atoms with Crippen LogP contribution in [0, 0.1) is 0 Å². The predicted octanol–water partition coefficient (Wildman–Crippen LogP) is 1.27. The molecule has 0 unspecified atom stereocenters. The molecule has 2 fully saturated rings. The van der Waals surface area contributed by atoms with E-state index in [1.807, 2.05) is 18.7 Å². The van der Waals surface area contributed by atoms with Gasteiger partial charge in [-0.05, 0) is 19.9 Å². The Labute approximate surface area is 228 Å². The average molecular weight is 551 g/mol. The number of anilines is 3. The summed E-state index contributed by atoms with van der Waals surface area (Å²) in [4.78, 5) is 50.0. The molecule has 5 heterocycles. The number of ether oxygens (including phenoxy) is 2. The van der Waals surface area contributed by atoms with Gasteiger partial charge in [-0.2, -0.15) is 0 Å². The molecule has 13 heteroatoms. The number of nitrogen functional groups attached to an aromatic ring is 1. The molecular formula is C26H30N8O4S. The van der Waals surface area contributed by atoms with E-state index < -0.39 is 10.9 Å². The van der Waals surface area contributed by atoms with Crippen LogP contribution in [0.3, 0.4) is 0 Å². The highest BCUT2D eigenvalue weighted by Crippen LogP contribution is 2.35. The standard InChI is InChI=1S/C26H30N8O4S/c1-15(2)38-22-19(20(35)21(22)36)33-5-3-32(4-6-33)14-17-11-18-23(39-17)25(34-7-9-37-10-8-34)31-24(30-18)16-12-28-26(27)29-13-16/h11-13,15H,3-10,14H2,1-2H3,(H2,27,28,29). The number of fused-ring (bicyclic) bond motifs is 1. The molecule has 0 bridgehead atoms. The number of hydrogen-bond acceptors (Lipinski definition) is 13. The lowest BCUT2D eigenvalue weighted by Crippen LogP contribution is -2.51. The number of nitrogens with two attached hydrogens (primary N) is 1. The Morgan fingerprint density at radius 1 is 1.00 bits per heavy atom. The summed E-state index contributed by atoms with van der Waals surface area (Å²) in [5.41, 5.74) is 6.74. The fourth-order valence-electron chi connectivity index (χ4n) is 4.96. The summed E-state index contributed by atoms with van der Waals surface area (Å²) in [7, 11) is 0. The van der Waals surface area contributed by atoms with Gasteiger partial charge in [-0.15, -0.1) is 11.3 Å². The van der Waals surface area contributed by atoms with Crippen molar-refractivity contribution in [3.05, 3.63) is 43.8 Å². The fraction of sp³-hybridized carbons (Fsp3) is 0.462. The molecule has 2 N–H and O–H groups in total. The number of piperazine rings is 1. The Balaban J connectivity index is 1.22. The molecule has 0 saturated carbocycles. The Morgan fingerprint density at radius 3 is 2.41 bits per heavy atom. The van der Waals surface area contributed by atoms with E-state index in [0.717, 1.165) is 48.8 Å². The van der Waals surface area contributed by atoms with Crippen LogP contribution < -0.4 is 31.1 Å². The molecular weight excluding hydrogens is 520 g/mol. The molecule has 1 aromatic carbocycles. The molecule has 2 aliphatic heterocycles. The van der Waals surface area contributed by atoms with Crippen molar-refractivity contribution in [3.8, 4) is 17.1 Å². The van der Waals surface area contributed by atoms with Crippen LogP contribution in [0.2, 0.25) is 0 Å². The SMILES string of the molecule is CC(C)Oc1c(N2CCN(Cc3cc4nc(-c5cnc(N)nc5)nc(N5CCOCC5)c4s3)CC2)c(=O)c1=O. The van der Waals surface area contributed by atoms with E-state index in [9.17, 15) is 9.59 Å². The second-order valence-corrected chi connectivity index (χ2v) is 11.1. The maximum atomic E-state index is 12.3. The highest BCUT2D eigenvalue weighted by Gasteiger charge is 2.30. The number of morpholine rings is 1. The lowest BCUT2D eigenvalue weighted by Gasteiger charge is -2.36. The van der Waals surface area contributed by atoms with Crippen molar-refractivity contribution in [2.75, 3.05) is 68.0 Å². The molecule has 0 amide bonds. The number of nitrogens with zero attached hydrogens (tertiary/aromatic N) is 7. The molecule has 2 saturated heterocycles. The zero-order valence-corrected chi connectivity index (χ0v) is 22.7. The maximum Gasteiger partial charge on any atom is 0.272 e. The van der Waals surface area contributed by atoms with Gasteiger partial charge in [0.05, 0.1) is 35.1 Å². The van der Waals surface area contributed by atoms with E-state index in [-0.39, 0.29) is 17.8 Å². The van der Waals surface area contributed by atoms with E-state index >= 15 is 0 Å². The van der Waals surface area contributed by atoms with E-state index in [0.29, 0.717) is 43.4 Å². The minimum absolute atomic E-state index is 0.153. The first-order valence-corrected chi connectivity index (χ1v) is 13.9. The molecule has 12 nitrogen and oxygen atoms in total. The van der Waals surface area contributed by atoms with Crippen molar-refractivity contribution in [2.24, 2.45) is 0 Å². The van der Waals surface area contributed by atoms with Crippen molar-refractivity contribution < 1.29 is 9.47 Å². The molecule has 39 heavy (non-hydrogen) atoms. The van der Waals surface area contributed by atoms with Gasteiger partial charge in [0.25, 0.3) is 10.9 Å². The first kappa shape index (κ1) is 25.6. The van der Waals surface area contributed by atoms with Crippen molar-refractivity contribution in [1.82, 2.24) is 24.8 Å². The van der Waals surface area contributed by atoms with Gasteiger partial charge < -0.3 is 25.0 Å². The van der Waals surface area contributed by atoms with Crippen LogP contribution in [0.5, 0.6) is 5.75 Å². The molecule has 0 atom stereocenters. The van der Waals surface area contributed by atoms with Gasteiger partial charge in [0.2, 0.25) is 5.95 Å². The van der Waals surface area contributed by atoms with E-state index in [2.05, 4.69) is 25.8 Å². The minimum atomic E-state index is -0.520. The Morgan fingerprint density at radius 2 is 1.72 bits per heavy atom. The summed E-state index contributed by atoms with van der Waals surface area (Å²) in [5, 5.41) is 0. The Kier molecular flexibility index (Phi) is 6.87. The zero-order chi connectivity index (χ0) is 27.1. The van der Waals surface area contributed by atoms with E-state index in [1.54, 1.807) is 23.7 Å². The summed E-state index contributed by atoms with van der Waals surface area (Å²) < 4.78 is 12.2. The van der Waals surface area contributed by atoms with Crippen LogP contribution in [0.25, 0.3) is 21.6 Å². The summed E-state index contributed by atoms with van der Waals surface area (Å²) in [6.45, 7) is 10.2. The summed E-state index contributed by atoms with van der Waals surface area (Å²) in [5.74, 6) is 1.88. The highest BCUT2D eigenvalue weighted by molar-refractivity contribution is 7.19. The number of hydrogen-bond donors (Lipinski definition) is 1. The second-order valence-electron chi connectivity index (χ2n) is 9.99. The summed E-state index contributed by atoms with van der Waals surface area (Å²) >= 11 is 1.71. The minimum Gasteiger partial charge on any atom is -0.485 e. The first-order chi connectivity index (χ1) is 18.9. The quantitative estimate of drug-likeness (QED) is 0.331. The molecule has 2 aliphatic rings. The van der Waals surface area contributed by atoms with Crippen LogP contribution in [0.15, 0.2) is 28.0 Å². The number of rotatable bonds is 7. The predicted molar refractivity (Wildman–Crippen MR) is 150 cm³/mol. The second kappa shape index (κ2) is 10.5. The van der Waals surface area contributed by atoms with Gasteiger partial charge in [0, 0.05) is 63.1 Å². The molecule has 204 valence electrons. The largest absolute Gasteiger partial charge is 0.485 e. The molecule has 4 aromatic rings. The third kappa shape index (κ3) is 5.04. The smallest absolute Gasteiger partial charge is 0.272 e. The molecule has 3 aromatic heterocycles. The number of aromatic nitrogens is 4. The number of thiophene rings is 1. The van der Waals surface area contributed by atoms with Crippen molar-refractivity contribution in [3.63, 3.8) is 0 Å². The van der Waals surface area contributed by atoms with Gasteiger partial charge >= 0.3 is 0 Å². The van der Waals surface area contributed by atoms with Crippen LogP contribution in [0.1, 0.15) is 18.7 Å². The van der Waals surface area contributed by atoms with Crippen LogP contribution >= 0.6 is 11.3 Å². The van der Waals surface area contributed by atoms with Crippen molar-refractivity contribution in [1.29, 1.82) is 0 Å². The van der Waals surface area contributed by atoms with Crippen LogP contribution in [0.4, 0.5) is 17.5 Å². The molecule has 6 rings (SSSR count). The highest BCUT2D eigenvalue weighted by atomic mass is 32.1. The Bertz CT molecular complexity index is 1550.